The predicted octanol–water partition coefficient (Wildman–Crippen LogP) is 2.34. The molecule has 4 nitrogen and oxygen atoms in total. The molecule has 110 valence electrons. The Balaban J connectivity index is 1.96. The van der Waals surface area contributed by atoms with Gasteiger partial charge in [0.1, 0.15) is 5.75 Å². The quantitative estimate of drug-likeness (QED) is 0.928. The van der Waals surface area contributed by atoms with Gasteiger partial charge in [-0.15, -0.1) is 0 Å². The highest BCUT2D eigenvalue weighted by Crippen LogP contribution is 2.25. The van der Waals surface area contributed by atoms with Gasteiger partial charge in [0.05, 0.1) is 5.02 Å². The molecule has 1 saturated heterocycles. The molecule has 0 saturated carbocycles. The number of ether oxygens (including phenoxy) is 1. The lowest BCUT2D eigenvalue weighted by Gasteiger charge is -2.33. The minimum Gasteiger partial charge on any atom is -0.479 e. The van der Waals surface area contributed by atoms with E-state index < -0.39 is 6.10 Å². The molecular formula is C15H20ClNO3. The highest BCUT2D eigenvalue weighted by Gasteiger charge is 2.27. The van der Waals surface area contributed by atoms with Gasteiger partial charge in [0.2, 0.25) is 0 Å². The Kier molecular flexibility index (Phi) is 5.26. The predicted molar refractivity (Wildman–Crippen MR) is 77.9 cm³/mol. The maximum Gasteiger partial charge on any atom is 0.263 e. The molecule has 1 N–H and O–H groups in total. The first-order valence-corrected chi connectivity index (χ1v) is 7.30. The lowest BCUT2D eigenvalue weighted by atomic mass is 9.99. The van der Waals surface area contributed by atoms with E-state index in [9.17, 15) is 9.90 Å². The van der Waals surface area contributed by atoms with Crippen LogP contribution in [0.1, 0.15) is 19.8 Å². The molecule has 0 aliphatic carbocycles. The van der Waals surface area contributed by atoms with E-state index in [0.29, 0.717) is 17.3 Å². The van der Waals surface area contributed by atoms with Crippen LogP contribution in [-0.2, 0) is 4.79 Å². The molecule has 1 aromatic rings. The van der Waals surface area contributed by atoms with Crippen molar-refractivity contribution in [2.45, 2.75) is 25.9 Å². The van der Waals surface area contributed by atoms with E-state index in [0.717, 1.165) is 19.4 Å². The maximum absolute atomic E-state index is 12.4. The average Bonchev–Trinajstić information content (AvgIpc) is 2.48. The minimum absolute atomic E-state index is 0.0527. The van der Waals surface area contributed by atoms with Crippen molar-refractivity contribution in [3.8, 4) is 5.75 Å². The van der Waals surface area contributed by atoms with Crippen LogP contribution in [0.4, 0.5) is 0 Å². The van der Waals surface area contributed by atoms with E-state index in [1.807, 2.05) is 12.1 Å². The molecule has 1 amide bonds. The summed E-state index contributed by atoms with van der Waals surface area (Å²) in [6.07, 6.45) is 1.32. The van der Waals surface area contributed by atoms with Crippen molar-refractivity contribution in [1.29, 1.82) is 0 Å². The van der Waals surface area contributed by atoms with Crippen LogP contribution in [0.25, 0.3) is 0 Å². The normalized spacial score (nSPS) is 20.6. The number of carbonyl (C=O) groups excluding carboxylic acids is 1. The van der Waals surface area contributed by atoms with E-state index in [1.54, 1.807) is 24.0 Å². The fourth-order valence-corrected chi connectivity index (χ4v) is 2.63. The smallest absolute Gasteiger partial charge is 0.263 e. The van der Waals surface area contributed by atoms with E-state index in [1.165, 1.54) is 0 Å². The fourth-order valence-electron chi connectivity index (χ4n) is 2.45. The number of aliphatic hydroxyl groups is 1. The molecule has 1 heterocycles. The summed E-state index contributed by atoms with van der Waals surface area (Å²) in [6, 6.07) is 7.12. The third-order valence-corrected chi connectivity index (χ3v) is 3.89. The summed E-state index contributed by atoms with van der Waals surface area (Å²) >= 11 is 6.02. The van der Waals surface area contributed by atoms with Crippen LogP contribution in [-0.4, -0.2) is 41.7 Å². The second-order valence-corrected chi connectivity index (χ2v) is 5.57. The number of likely N-dealkylation sites (tertiary alicyclic amines) is 1. The molecule has 0 radical (unpaired) electrons. The van der Waals surface area contributed by atoms with Gasteiger partial charge in [0, 0.05) is 19.7 Å². The van der Waals surface area contributed by atoms with Gasteiger partial charge >= 0.3 is 0 Å². The summed E-state index contributed by atoms with van der Waals surface area (Å²) in [5.41, 5.74) is 0. The average molecular weight is 298 g/mol. The lowest BCUT2D eigenvalue weighted by Crippen LogP contribution is -2.46. The first-order chi connectivity index (χ1) is 9.61. The molecule has 2 rings (SSSR count). The summed E-state index contributed by atoms with van der Waals surface area (Å²) in [6.45, 7) is 3.19. The summed E-state index contributed by atoms with van der Waals surface area (Å²) in [4.78, 5) is 14.1. The van der Waals surface area contributed by atoms with Crippen LogP contribution in [0.5, 0.6) is 5.75 Å². The summed E-state index contributed by atoms with van der Waals surface area (Å²) in [7, 11) is 0. The molecule has 0 bridgehead atoms. The number of hydrogen-bond acceptors (Lipinski definition) is 3. The van der Waals surface area contributed by atoms with Gasteiger partial charge in [-0.3, -0.25) is 4.79 Å². The van der Waals surface area contributed by atoms with Gasteiger partial charge in [-0.25, -0.2) is 0 Å². The summed E-state index contributed by atoms with van der Waals surface area (Å²) < 4.78 is 5.64. The van der Waals surface area contributed by atoms with Gasteiger partial charge in [-0.2, -0.15) is 0 Å². The van der Waals surface area contributed by atoms with Crippen LogP contribution in [0.2, 0.25) is 5.02 Å². The van der Waals surface area contributed by atoms with Crippen LogP contribution < -0.4 is 4.74 Å². The van der Waals surface area contributed by atoms with Gasteiger partial charge < -0.3 is 14.7 Å². The largest absolute Gasteiger partial charge is 0.479 e. The molecule has 2 unspecified atom stereocenters. The molecule has 0 aromatic heterocycles. The van der Waals surface area contributed by atoms with Crippen molar-refractivity contribution in [3.05, 3.63) is 29.3 Å². The Hall–Kier alpha value is -1.26. The number of hydrogen-bond donors (Lipinski definition) is 1. The zero-order valence-corrected chi connectivity index (χ0v) is 12.3. The Morgan fingerprint density at radius 3 is 3.00 bits per heavy atom. The zero-order chi connectivity index (χ0) is 14.5. The molecule has 2 atom stereocenters. The number of aliphatic hydroxyl groups excluding tert-OH is 1. The molecule has 20 heavy (non-hydrogen) atoms. The molecule has 0 spiro atoms. The highest BCUT2D eigenvalue weighted by atomic mass is 35.5. The van der Waals surface area contributed by atoms with Crippen LogP contribution in [0.15, 0.2) is 24.3 Å². The topological polar surface area (TPSA) is 49.8 Å². The Morgan fingerprint density at radius 2 is 2.30 bits per heavy atom. The van der Waals surface area contributed by atoms with Crippen LogP contribution in [0.3, 0.4) is 0 Å². The third kappa shape index (κ3) is 3.64. The highest BCUT2D eigenvalue weighted by molar-refractivity contribution is 6.32. The maximum atomic E-state index is 12.4. The summed E-state index contributed by atoms with van der Waals surface area (Å²) in [5.74, 6) is 0.647. The number of piperidine rings is 1. The fraction of sp³-hybridized carbons (Fsp3) is 0.533. The number of benzene rings is 1. The van der Waals surface area contributed by atoms with Gasteiger partial charge in [-0.05, 0) is 37.8 Å². The van der Waals surface area contributed by atoms with E-state index in [-0.39, 0.29) is 18.4 Å². The molecular weight excluding hydrogens is 278 g/mol. The Bertz CT molecular complexity index is 466. The van der Waals surface area contributed by atoms with Crippen molar-refractivity contribution < 1.29 is 14.6 Å². The first kappa shape index (κ1) is 15.1. The monoisotopic (exact) mass is 297 g/mol. The van der Waals surface area contributed by atoms with Crippen molar-refractivity contribution in [2.24, 2.45) is 5.92 Å². The first-order valence-electron chi connectivity index (χ1n) is 6.92. The standard InChI is InChI=1S/C15H20ClNO3/c1-11(20-14-7-3-2-6-13(14)16)15(19)17-8-4-5-12(9-17)10-18/h2-3,6-7,11-12,18H,4-5,8-10H2,1H3. The number of rotatable bonds is 4. The van der Waals surface area contributed by atoms with Crippen LogP contribution >= 0.6 is 11.6 Å². The van der Waals surface area contributed by atoms with Crippen molar-refractivity contribution in [2.75, 3.05) is 19.7 Å². The Labute approximate surface area is 124 Å². The summed E-state index contributed by atoms with van der Waals surface area (Å²) in [5, 5.41) is 9.71. The van der Waals surface area contributed by atoms with Crippen molar-refractivity contribution in [1.82, 2.24) is 4.90 Å². The van der Waals surface area contributed by atoms with Gasteiger partial charge in [-0.1, -0.05) is 23.7 Å². The Morgan fingerprint density at radius 1 is 1.55 bits per heavy atom. The minimum atomic E-state index is -0.577. The third-order valence-electron chi connectivity index (χ3n) is 3.58. The lowest BCUT2D eigenvalue weighted by molar-refractivity contribution is -0.140. The van der Waals surface area contributed by atoms with Crippen molar-refractivity contribution >= 4 is 17.5 Å². The van der Waals surface area contributed by atoms with Crippen LogP contribution in [0, 0.1) is 5.92 Å². The van der Waals surface area contributed by atoms with Gasteiger partial charge in [0.15, 0.2) is 6.10 Å². The molecule has 1 aliphatic rings. The van der Waals surface area contributed by atoms with Gasteiger partial charge in [0.25, 0.3) is 5.91 Å². The SMILES string of the molecule is CC(Oc1ccccc1Cl)C(=O)N1CCCC(CO)C1. The molecule has 5 heteroatoms. The number of para-hydroxylation sites is 1. The number of carbonyl (C=O) groups is 1. The van der Waals surface area contributed by atoms with E-state index in [2.05, 4.69) is 0 Å². The molecule has 1 aliphatic heterocycles. The zero-order valence-electron chi connectivity index (χ0n) is 11.6. The number of amides is 1. The number of halogens is 1. The molecule has 1 aromatic carbocycles. The second-order valence-electron chi connectivity index (χ2n) is 5.17. The number of nitrogens with zero attached hydrogens (tertiary/aromatic N) is 1. The molecule has 1 fully saturated rings. The second kappa shape index (κ2) is 6.95. The van der Waals surface area contributed by atoms with E-state index >= 15 is 0 Å². The van der Waals surface area contributed by atoms with Crippen molar-refractivity contribution in [3.63, 3.8) is 0 Å². The van der Waals surface area contributed by atoms with E-state index in [4.69, 9.17) is 16.3 Å².